The molecule has 0 saturated carbocycles. The summed E-state index contributed by atoms with van der Waals surface area (Å²) in [5, 5.41) is 16.3. The van der Waals surface area contributed by atoms with E-state index in [-0.39, 0.29) is 5.69 Å². The van der Waals surface area contributed by atoms with Gasteiger partial charge in [-0.3, -0.25) is 0 Å². The van der Waals surface area contributed by atoms with E-state index in [1.807, 2.05) is 24.0 Å². The molecule has 2 aromatic heterocycles. The van der Waals surface area contributed by atoms with E-state index in [1.54, 1.807) is 12.3 Å². The van der Waals surface area contributed by atoms with Crippen LogP contribution >= 0.6 is 0 Å². The maximum Gasteiger partial charge on any atom is 0.356 e. The van der Waals surface area contributed by atoms with Crippen LogP contribution in [0, 0.1) is 0 Å². The van der Waals surface area contributed by atoms with Crippen LogP contribution in [0.3, 0.4) is 0 Å². The van der Waals surface area contributed by atoms with Crippen molar-refractivity contribution in [3.05, 3.63) is 42.0 Å². The maximum absolute atomic E-state index is 10.7. The topological polar surface area (TPSA) is 79.5 Å². The van der Waals surface area contributed by atoms with E-state index in [4.69, 9.17) is 9.52 Å². The number of anilines is 1. The van der Waals surface area contributed by atoms with E-state index in [2.05, 4.69) is 10.2 Å². The highest BCUT2D eigenvalue weighted by molar-refractivity contribution is 5.85. The zero-order valence-corrected chi connectivity index (χ0v) is 9.91. The van der Waals surface area contributed by atoms with Crippen molar-refractivity contribution < 1.29 is 14.3 Å². The van der Waals surface area contributed by atoms with Gasteiger partial charge in [-0.25, -0.2) is 4.79 Å². The summed E-state index contributed by atoms with van der Waals surface area (Å²) in [6, 6.07) is 6.78. The molecule has 0 aliphatic carbocycles. The van der Waals surface area contributed by atoms with E-state index in [0.717, 1.165) is 12.3 Å². The Morgan fingerprint density at radius 2 is 2.22 bits per heavy atom. The zero-order chi connectivity index (χ0) is 13.0. The third kappa shape index (κ3) is 2.65. The molecule has 0 atom stereocenters. The van der Waals surface area contributed by atoms with Gasteiger partial charge < -0.3 is 14.4 Å². The molecule has 0 fully saturated rings. The third-order valence-corrected chi connectivity index (χ3v) is 2.50. The van der Waals surface area contributed by atoms with Gasteiger partial charge in [0.1, 0.15) is 5.76 Å². The summed E-state index contributed by atoms with van der Waals surface area (Å²) < 4.78 is 5.27. The van der Waals surface area contributed by atoms with Crippen molar-refractivity contribution in [2.75, 3.05) is 11.4 Å². The molecule has 0 aliphatic rings. The summed E-state index contributed by atoms with van der Waals surface area (Å²) in [5.74, 6) is 0.364. The molecule has 6 heteroatoms. The fraction of sp³-hybridized carbons (Fsp3) is 0.250. The highest BCUT2D eigenvalue weighted by Gasteiger charge is 2.11. The molecule has 2 aromatic rings. The molecule has 94 valence electrons. The van der Waals surface area contributed by atoms with Gasteiger partial charge in [-0.15, -0.1) is 10.2 Å². The minimum absolute atomic E-state index is 0.0622. The average molecular weight is 247 g/mol. The van der Waals surface area contributed by atoms with Crippen molar-refractivity contribution in [2.24, 2.45) is 0 Å². The van der Waals surface area contributed by atoms with Gasteiger partial charge in [0.2, 0.25) is 0 Å². The molecule has 2 heterocycles. The van der Waals surface area contributed by atoms with Crippen molar-refractivity contribution in [1.82, 2.24) is 10.2 Å². The van der Waals surface area contributed by atoms with E-state index >= 15 is 0 Å². The second-order valence-electron chi connectivity index (χ2n) is 3.68. The summed E-state index contributed by atoms with van der Waals surface area (Å²) in [5.41, 5.74) is -0.0622. The molecule has 0 aliphatic heterocycles. The molecule has 0 aromatic carbocycles. The molecule has 0 bridgehead atoms. The van der Waals surface area contributed by atoms with Crippen LogP contribution in [0.4, 0.5) is 5.82 Å². The highest BCUT2D eigenvalue weighted by atomic mass is 16.4. The first-order valence-electron chi connectivity index (χ1n) is 5.55. The molecule has 0 radical (unpaired) electrons. The number of hydrogen-bond donors (Lipinski definition) is 1. The first-order valence-corrected chi connectivity index (χ1v) is 5.55. The lowest BCUT2D eigenvalue weighted by molar-refractivity contribution is 0.0689. The highest BCUT2D eigenvalue weighted by Crippen LogP contribution is 2.13. The van der Waals surface area contributed by atoms with Crippen LogP contribution in [0.15, 0.2) is 34.9 Å². The zero-order valence-electron chi connectivity index (χ0n) is 9.91. The predicted octanol–water partition coefficient (Wildman–Crippen LogP) is 1.79. The molecular weight excluding hydrogens is 234 g/mol. The molecule has 1 N–H and O–H groups in total. The van der Waals surface area contributed by atoms with Crippen LogP contribution < -0.4 is 4.90 Å². The van der Waals surface area contributed by atoms with Crippen LogP contribution in [0.5, 0.6) is 0 Å². The smallest absolute Gasteiger partial charge is 0.356 e. The molecule has 0 spiro atoms. The number of carboxylic acid groups (broad SMARTS) is 1. The minimum Gasteiger partial charge on any atom is -0.476 e. The first kappa shape index (κ1) is 12.1. The molecule has 6 nitrogen and oxygen atoms in total. The first-order chi connectivity index (χ1) is 8.70. The normalized spacial score (nSPS) is 10.3. The van der Waals surface area contributed by atoms with E-state index in [1.165, 1.54) is 6.07 Å². The summed E-state index contributed by atoms with van der Waals surface area (Å²) in [4.78, 5) is 12.6. The molecule has 18 heavy (non-hydrogen) atoms. The number of rotatable bonds is 5. The Bertz CT molecular complexity index is 508. The summed E-state index contributed by atoms with van der Waals surface area (Å²) in [6.45, 7) is 3.28. The molecule has 0 saturated heterocycles. The predicted molar refractivity (Wildman–Crippen MR) is 64.4 cm³/mol. The second-order valence-corrected chi connectivity index (χ2v) is 3.68. The largest absolute Gasteiger partial charge is 0.476 e. The van der Waals surface area contributed by atoms with E-state index in [9.17, 15) is 4.79 Å². The van der Waals surface area contributed by atoms with Gasteiger partial charge in [0.25, 0.3) is 0 Å². The van der Waals surface area contributed by atoms with Gasteiger partial charge in [-0.2, -0.15) is 0 Å². The number of nitrogens with zero attached hydrogens (tertiary/aromatic N) is 3. The minimum atomic E-state index is -1.08. The number of carboxylic acids is 1. The Morgan fingerprint density at radius 1 is 1.39 bits per heavy atom. The standard InChI is InChI=1S/C12H13N3O3/c1-2-15(8-9-4-3-7-18-9)11-6-5-10(12(16)17)13-14-11/h3-7H,2,8H2,1H3,(H,16,17). The van der Waals surface area contributed by atoms with Crippen LogP contribution in [0.25, 0.3) is 0 Å². The van der Waals surface area contributed by atoms with E-state index in [0.29, 0.717) is 12.4 Å². The quantitative estimate of drug-likeness (QED) is 0.867. The lowest BCUT2D eigenvalue weighted by Crippen LogP contribution is -2.23. The molecule has 0 unspecified atom stereocenters. The Balaban J connectivity index is 2.14. The Kier molecular flexibility index (Phi) is 3.57. The summed E-state index contributed by atoms with van der Waals surface area (Å²) >= 11 is 0. The molecule has 2 rings (SSSR count). The van der Waals surface area contributed by atoms with Crippen LogP contribution in [-0.2, 0) is 6.54 Å². The second kappa shape index (κ2) is 5.31. The van der Waals surface area contributed by atoms with Crippen LogP contribution in [-0.4, -0.2) is 27.8 Å². The average Bonchev–Trinajstić information content (AvgIpc) is 2.89. The Morgan fingerprint density at radius 3 is 2.72 bits per heavy atom. The number of aromatic carboxylic acids is 1. The van der Waals surface area contributed by atoms with Crippen molar-refractivity contribution in [3.63, 3.8) is 0 Å². The summed E-state index contributed by atoms with van der Waals surface area (Å²) in [7, 11) is 0. The fourth-order valence-electron chi connectivity index (χ4n) is 1.55. The SMILES string of the molecule is CCN(Cc1ccco1)c1ccc(C(=O)O)nn1. The van der Waals surface area contributed by atoms with Gasteiger partial charge in [0, 0.05) is 6.54 Å². The van der Waals surface area contributed by atoms with Gasteiger partial charge in [0.05, 0.1) is 12.8 Å². The van der Waals surface area contributed by atoms with Crippen molar-refractivity contribution in [2.45, 2.75) is 13.5 Å². The van der Waals surface area contributed by atoms with E-state index < -0.39 is 5.97 Å². The Labute approximate surface area is 104 Å². The van der Waals surface area contributed by atoms with Crippen LogP contribution in [0.2, 0.25) is 0 Å². The van der Waals surface area contributed by atoms with Gasteiger partial charge in [-0.1, -0.05) is 0 Å². The van der Waals surface area contributed by atoms with Gasteiger partial charge in [-0.05, 0) is 31.2 Å². The lowest BCUT2D eigenvalue weighted by atomic mass is 10.3. The fourth-order valence-corrected chi connectivity index (χ4v) is 1.55. The van der Waals surface area contributed by atoms with Gasteiger partial charge >= 0.3 is 5.97 Å². The number of aromatic nitrogens is 2. The number of furan rings is 1. The summed E-state index contributed by atoms with van der Waals surface area (Å²) in [6.07, 6.45) is 1.61. The Hall–Kier alpha value is -2.37. The molecular formula is C12H13N3O3. The number of hydrogen-bond acceptors (Lipinski definition) is 5. The number of carbonyl (C=O) groups is 1. The lowest BCUT2D eigenvalue weighted by Gasteiger charge is -2.19. The van der Waals surface area contributed by atoms with Crippen molar-refractivity contribution in [3.8, 4) is 0 Å². The van der Waals surface area contributed by atoms with Crippen molar-refractivity contribution >= 4 is 11.8 Å². The van der Waals surface area contributed by atoms with Crippen molar-refractivity contribution in [1.29, 1.82) is 0 Å². The monoisotopic (exact) mass is 247 g/mol. The van der Waals surface area contributed by atoms with Crippen LogP contribution in [0.1, 0.15) is 23.2 Å². The van der Waals surface area contributed by atoms with Gasteiger partial charge in [0.15, 0.2) is 11.5 Å². The maximum atomic E-state index is 10.7. The molecule has 0 amide bonds. The third-order valence-electron chi connectivity index (χ3n) is 2.50.